The monoisotopic (exact) mass is 760 g/mol. The number of halogens is 2. The normalized spacial score (nSPS) is 25.2. The molecule has 0 aromatic heterocycles. The summed E-state index contributed by atoms with van der Waals surface area (Å²) in [6.45, 7) is 8.32. The zero-order valence-corrected chi connectivity index (χ0v) is 28.0. The summed E-state index contributed by atoms with van der Waals surface area (Å²) >= 11 is 5.52. The number of carbonyl (C=O) groups is 3. The van der Waals surface area contributed by atoms with Gasteiger partial charge in [-0.2, -0.15) is 0 Å². The first kappa shape index (κ1) is 31.7. The van der Waals surface area contributed by atoms with Crippen LogP contribution in [-0.4, -0.2) is 67.8 Å². The van der Waals surface area contributed by atoms with Crippen LogP contribution < -0.4 is 5.32 Å². The van der Waals surface area contributed by atoms with Crippen molar-refractivity contribution in [2.45, 2.75) is 77.2 Å². The number of hydrogen-bond donors (Lipinski definition) is 1. The molecule has 2 aliphatic heterocycles. The Labute approximate surface area is 262 Å². The highest BCUT2D eigenvalue weighted by molar-refractivity contribution is 14.1. The summed E-state index contributed by atoms with van der Waals surface area (Å²) in [4.78, 5) is 40.7. The number of fused-ring (bicyclic) bond motifs is 1. The average molecular weight is 761 g/mol. The van der Waals surface area contributed by atoms with Crippen LogP contribution in [0.1, 0.15) is 58.3 Å². The van der Waals surface area contributed by atoms with Crippen LogP contribution in [0, 0.1) is 0 Å². The number of benzene rings is 2. The molecule has 2 fully saturated rings. The highest BCUT2D eigenvalue weighted by Crippen LogP contribution is 2.56. The number of carbonyl (C=O) groups excluding carboxylic acids is 3. The van der Waals surface area contributed by atoms with E-state index in [2.05, 4.69) is 43.8 Å². The number of ether oxygens (including phenoxy) is 2. The summed E-state index contributed by atoms with van der Waals surface area (Å²) in [7, 11) is -4.02. The molecular weight excluding hydrogens is 727 g/mol. The van der Waals surface area contributed by atoms with E-state index in [0.29, 0.717) is 0 Å². The predicted octanol–water partition coefficient (Wildman–Crippen LogP) is 4.92. The van der Waals surface area contributed by atoms with Gasteiger partial charge in [-0.3, -0.25) is 4.79 Å². The van der Waals surface area contributed by atoms with Crippen molar-refractivity contribution in [2.75, 3.05) is 6.54 Å². The summed E-state index contributed by atoms with van der Waals surface area (Å²) < 4.78 is 35.6. The Morgan fingerprint density at radius 1 is 1.05 bits per heavy atom. The second-order valence-electron chi connectivity index (χ2n) is 11.8. The number of β-lactam (4-membered cyclic amide) rings is 1. The lowest BCUT2D eigenvalue weighted by molar-refractivity contribution is -0.166. The number of rotatable bonds is 8. The minimum atomic E-state index is -4.02. The largest absolute Gasteiger partial charge is 0.451 e. The summed E-state index contributed by atoms with van der Waals surface area (Å²) in [6, 6.07) is 17.0. The van der Waals surface area contributed by atoms with Crippen molar-refractivity contribution in [3.63, 3.8) is 0 Å². The van der Waals surface area contributed by atoms with Gasteiger partial charge < -0.3 is 19.7 Å². The van der Waals surface area contributed by atoms with Gasteiger partial charge in [-0.05, 0) is 52.2 Å². The van der Waals surface area contributed by atoms with Crippen molar-refractivity contribution in [3.8, 4) is 0 Å². The molecule has 222 valence electrons. The molecule has 2 amide bonds. The second kappa shape index (κ2) is 11.5. The lowest BCUT2D eigenvalue weighted by Crippen LogP contribution is -2.72. The maximum atomic E-state index is 13.9. The van der Waals surface area contributed by atoms with E-state index in [1.807, 2.05) is 60.7 Å². The van der Waals surface area contributed by atoms with Gasteiger partial charge in [0.1, 0.15) is 20.7 Å². The number of nitrogens with one attached hydrogen (secondary N) is 1. The molecule has 2 aromatic rings. The van der Waals surface area contributed by atoms with Crippen molar-refractivity contribution in [2.24, 2.45) is 0 Å². The fourth-order valence-electron chi connectivity index (χ4n) is 5.26. The van der Waals surface area contributed by atoms with Crippen molar-refractivity contribution in [3.05, 3.63) is 71.8 Å². The molecule has 0 unspecified atom stereocenters. The number of sulfone groups is 1. The van der Waals surface area contributed by atoms with Gasteiger partial charge in [0.25, 0.3) is 0 Å². The maximum Gasteiger partial charge on any atom is 0.407 e. The predicted molar refractivity (Wildman–Crippen MR) is 167 cm³/mol. The fraction of sp³-hybridized carbons (Fsp3) is 0.483. The smallest absolute Gasteiger partial charge is 0.407 e. The first-order valence-electron chi connectivity index (χ1n) is 13.2. The zero-order valence-electron chi connectivity index (χ0n) is 23.5. The Morgan fingerprint density at radius 2 is 1.56 bits per heavy atom. The van der Waals surface area contributed by atoms with Gasteiger partial charge in [-0.25, -0.2) is 18.0 Å². The van der Waals surface area contributed by atoms with Crippen molar-refractivity contribution in [1.29, 1.82) is 0 Å². The first-order valence-corrected chi connectivity index (χ1v) is 16.8. The van der Waals surface area contributed by atoms with Gasteiger partial charge in [-0.1, -0.05) is 99.2 Å². The lowest BCUT2D eigenvalue weighted by Gasteiger charge is -2.50. The summed E-state index contributed by atoms with van der Waals surface area (Å²) in [5.41, 5.74) is 0.772. The van der Waals surface area contributed by atoms with Crippen LogP contribution >= 0.6 is 38.5 Å². The summed E-state index contributed by atoms with van der Waals surface area (Å²) in [5.74, 6) is -1.30. The van der Waals surface area contributed by atoms with Crippen LogP contribution in [0.4, 0.5) is 4.79 Å². The Kier molecular flexibility index (Phi) is 8.89. The lowest BCUT2D eigenvalue weighted by atomic mass is 9.88. The van der Waals surface area contributed by atoms with E-state index in [0.717, 1.165) is 16.0 Å². The number of amides is 2. The van der Waals surface area contributed by atoms with Crippen LogP contribution in [-0.2, 0) is 28.9 Å². The van der Waals surface area contributed by atoms with E-state index in [1.165, 1.54) is 13.8 Å². The molecule has 0 saturated carbocycles. The van der Waals surface area contributed by atoms with E-state index in [-0.39, 0.29) is 16.9 Å². The number of esters is 1. The molecule has 4 rings (SSSR count). The van der Waals surface area contributed by atoms with Gasteiger partial charge in [-0.15, -0.1) is 0 Å². The Balaban J connectivity index is 1.56. The quantitative estimate of drug-likeness (QED) is 0.176. The third-order valence-electron chi connectivity index (χ3n) is 7.25. The van der Waals surface area contributed by atoms with Crippen LogP contribution in [0.3, 0.4) is 0 Å². The van der Waals surface area contributed by atoms with Gasteiger partial charge in [0.15, 0.2) is 21.3 Å². The van der Waals surface area contributed by atoms with Crippen molar-refractivity contribution in [1.82, 2.24) is 10.2 Å². The average Bonchev–Trinajstić information content (AvgIpc) is 3.05. The van der Waals surface area contributed by atoms with E-state index < -0.39 is 60.0 Å². The van der Waals surface area contributed by atoms with E-state index in [9.17, 15) is 22.8 Å². The fourth-order valence-corrected chi connectivity index (χ4v) is 10.6. The standard InChI is InChI=1S/C29H34BrIN2O7S/c1-27(2,3)40-26(36)32-17-20(31)16-29(30)24(35)33-22(28(4,5)41(37,38)25(29)33)23(34)39-21(18-12-8-6-9-13-18)19-14-10-7-11-15-19/h6-15,20-22,25H,16-17H2,1-5H3,(H,32,36)/t20-,22-,25+,29+/m0/s1. The molecule has 41 heavy (non-hydrogen) atoms. The Morgan fingerprint density at radius 3 is 2.05 bits per heavy atom. The molecule has 1 N–H and O–H groups in total. The van der Waals surface area contributed by atoms with Crippen molar-refractivity contribution >= 4 is 66.3 Å². The van der Waals surface area contributed by atoms with Crippen LogP contribution in [0.5, 0.6) is 0 Å². The molecular formula is C29H34BrIN2O7S. The molecule has 4 atom stereocenters. The van der Waals surface area contributed by atoms with Gasteiger partial charge in [0.05, 0.1) is 0 Å². The molecule has 2 aliphatic rings. The minimum Gasteiger partial charge on any atom is -0.451 e. The molecule has 2 aromatic carbocycles. The third-order valence-corrected chi connectivity index (χ3v) is 12.4. The molecule has 2 saturated heterocycles. The molecule has 12 heteroatoms. The number of alkyl halides is 2. The Bertz CT molecular complexity index is 1380. The minimum absolute atomic E-state index is 0.108. The topological polar surface area (TPSA) is 119 Å². The zero-order chi connectivity index (χ0) is 30.4. The molecule has 2 heterocycles. The third kappa shape index (κ3) is 6.01. The maximum absolute atomic E-state index is 13.9. The second-order valence-corrected chi connectivity index (χ2v) is 17.6. The number of hydrogen-bond acceptors (Lipinski definition) is 7. The molecule has 0 bridgehead atoms. The van der Waals surface area contributed by atoms with E-state index >= 15 is 0 Å². The molecule has 0 spiro atoms. The van der Waals surface area contributed by atoms with Gasteiger partial charge >= 0.3 is 12.1 Å². The van der Waals surface area contributed by atoms with Crippen LogP contribution in [0.15, 0.2) is 60.7 Å². The molecule has 0 aliphatic carbocycles. The van der Waals surface area contributed by atoms with E-state index in [4.69, 9.17) is 9.47 Å². The molecule has 9 nitrogen and oxygen atoms in total. The van der Waals surface area contributed by atoms with Gasteiger partial charge in [0, 0.05) is 10.5 Å². The van der Waals surface area contributed by atoms with Crippen LogP contribution in [0.25, 0.3) is 0 Å². The van der Waals surface area contributed by atoms with Crippen LogP contribution in [0.2, 0.25) is 0 Å². The van der Waals surface area contributed by atoms with Crippen molar-refractivity contribution < 1.29 is 32.3 Å². The highest BCUT2D eigenvalue weighted by atomic mass is 127. The summed E-state index contributed by atoms with van der Waals surface area (Å²) in [6.07, 6.45) is -1.28. The van der Waals surface area contributed by atoms with Gasteiger partial charge in [0.2, 0.25) is 5.91 Å². The first-order chi connectivity index (χ1) is 19.0. The van der Waals surface area contributed by atoms with E-state index in [1.54, 1.807) is 20.8 Å². The summed E-state index contributed by atoms with van der Waals surface area (Å²) in [5, 5.41) is 1.40. The number of nitrogens with zero attached hydrogens (tertiary/aromatic N) is 1. The number of alkyl carbamates (subject to hydrolysis) is 1. The highest BCUT2D eigenvalue weighted by Gasteiger charge is 2.78. The SMILES string of the molecule is CC(C)(C)OC(=O)NC[C@@H](I)C[C@@]1(Br)C(=O)N2[C@@H](C(=O)OC(c3ccccc3)c3ccccc3)C(C)(C)S(=O)(=O)[C@@H]21. The molecule has 0 radical (unpaired) electrons. The Hall–Kier alpha value is -2.19.